The fraction of sp³-hybridized carbons (Fsp3) is 0.350. The van der Waals surface area contributed by atoms with Crippen LogP contribution in [0.15, 0.2) is 53.5 Å². The number of rotatable bonds is 12. The van der Waals surface area contributed by atoms with Gasteiger partial charge in [0.2, 0.25) is 0 Å². The van der Waals surface area contributed by atoms with Gasteiger partial charge in [-0.2, -0.15) is 0 Å². The fourth-order valence-electron chi connectivity index (χ4n) is 2.63. The number of nitrogens with zero attached hydrogens (tertiary/aromatic N) is 1. The highest BCUT2D eigenvalue weighted by molar-refractivity contribution is 6.31. The van der Waals surface area contributed by atoms with Crippen molar-refractivity contribution >= 4 is 28.2 Å². The molecular weight excluding hydrogens is 366 g/mol. The summed E-state index contributed by atoms with van der Waals surface area (Å²) in [6.45, 7) is 4.74. The smallest absolute Gasteiger partial charge is 0.0947 e. The minimum atomic E-state index is 0.579. The normalized spacial score (nSPS) is 11.1. The van der Waals surface area contributed by atoms with E-state index in [1.54, 1.807) is 18.7 Å². The Bertz CT molecular complexity index is 811. The molecule has 0 fully saturated rings. The van der Waals surface area contributed by atoms with Crippen LogP contribution in [0.4, 0.5) is 5.69 Å². The van der Waals surface area contributed by atoms with Crippen molar-refractivity contribution in [2.75, 3.05) is 44.8 Å². The van der Waals surface area contributed by atoms with E-state index in [-0.39, 0.29) is 0 Å². The molecule has 0 aliphatic heterocycles. The Kier molecular flexibility index (Phi) is 7.92. The maximum Gasteiger partial charge on any atom is 0.0947 e. The number of anilines is 1. The quantitative estimate of drug-likeness (QED) is 0.460. The number of hydrogen-bond acceptors (Lipinski definition) is 6. The summed E-state index contributed by atoms with van der Waals surface area (Å²) in [7, 11) is 0. The molecule has 3 aromatic rings. The molecule has 6 nitrogen and oxygen atoms in total. The summed E-state index contributed by atoms with van der Waals surface area (Å²) in [5, 5.41) is 8.40. The lowest BCUT2D eigenvalue weighted by Crippen LogP contribution is -2.20. The summed E-state index contributed by atoms with van der Waals surface area (Å²) in [6, 6.07) is 9.60. The molecule has 2 aromatic heterocycles. The van der Waals surface area contributed by atoms with Gasteiger partial charge in [0.15, 0.2) is 0 Å². The zero-order chi connectivity index (χ0) is 18.7. The zero-order valence-electron chi connectivity index (χ0n) is 15.1. The van der Waals surface area contributed by atoms with Gasteiger partial charge < -0.3 is 24.5 Å². The Balaban J connectivity index is 1.22. The van der Waals surface area contributed by atoms with Crippen LogP contribution in [-0.2, 0) is 16.0 Å². The van der Waals surface area contributed by atoms with E-state index < -0.39 is 0 Å². The van der Waals surface area contributed by atoms with E-state index in [9.17, 15) is 0 Å². The topological polar surface area (TPSA) is 68.5 Å². The lowest BCUT2D eigenvalue weighted by atomic mass is 10.2. The minimum Gasteiger partial charge on any atom is -0.472 e. The van der Waals surface area contributed by atoms with Crippen LogP contribution in [0.5, 0.6) is 0 Å². The lowest BCUT2D eigenvalue weighted by molar-refractivity contribution is 0.0527. The number of fused-ring (bicyclic) bond motifs is 1. The average molecular weight is 390 g/mol. The summed E-state index contributed by atoms with van der Waals surface area (Å²) in [4.78, 5) is 4.33. The molecule has 27 heavy (non-hydrogen) atoms. The van der Waals surface area contributed by atoms with Gasteiger partial charge in [-0.25, -0.2) is 0 Å². The first-order valence-electron chi connectivity index (χ1n) is 8.98. The SMILES string of the molecule is Clc1ccc2c(NCCOCCOCCNCc3ccoc3)ccnc2c1. The second-order valence-electron chi connectivity index (χ2n) is 5.98. The Morgan fingerprint density at radius 1 is 1.00 bits per heavy atom. The van der Waals surface area contributed by atoms with Crippen LogP contribution < -0.4 is 10.6 Å². The summed E-state index contributed by atoms with van der Waals surface area (Å²) in [5.41, 5.74) is 3.04. The highest BCUT2D eigenvalue weighted by Crippen LogP contribution is 2.24. The van der Waals surface area contributed by atoms with E-state index in [0.717, 1.165) is 35.2 Å². The number of pyridine rings is 1. The molecular formula is C20H24ClN3O3. The van der Waals surface area contributed by atoms with Gasteiger partial charge in [-0.3, -0.25) is 4.98 Å². The largest absolute Gasteiger partial charge is 0.472 e. The number of halogens is 1. The van der Waals surface area contributed by atoms with Gasteiger partial charge in [-0.15, -0.1) is 0 Å². The van der Waals surface area contributed by atoms with Crippen molar-refractivity contribution in [2.45, 2.75) is 6.54 Å². The molecule has 0 unspecified atom stereocenters. The zero-order valence-corrected chi connectivity index (χ0v) is 15.9. The number of benzene rings is 1. The van der Waals surface area contributed by atoms with Gasteiger partial charge in [0.1, 0.15) is 0 Å². The van der Waals surface area contributed by atoms with Crippen LogP contribution in [-0.4, -0.2) is 44.5 Å². The Hall–Kier alpha value is -2.12. The highest BCUT2D eigenvalue weighted by Gasteiger charge is 2.02. The number of hydrogen-bond donors (Lipinski definition) is 2. The first kappa shape index (κ1) is 19.6. The number of ether oxygens (including phenoxy) is 2. The Labute approximate surface area is 163 Å². The van der Waals surface area contributed by atoms with E-state index in [2.05, 4.69) is 15.6 Å². The number of nitrogens with one attached hydrogen (secondary N) is 2. The maximum absolute atomic E-state index is 6.01. The van der Waals surface area contributed by atoms with E-state index >= 15 is 0 Å². The maximum atomic E-state index is 6.01. The van der Waals surface area contributed by atoms with Gasteiger partial charge in [-0.05, 0) is 30.3 Å². The van der Waals surface area contributed by atoms with Crippen LogP contribution >= 0.6 is 11.6 Å². The molecule has 2 heterocycles. The van der Waals surface area contributed by atoms with E-state index in [0.29, 0.717) is 38.0 Å². The van der Waals surface area contributed by atoms with E-state index in [4.69, 9.17) is 25.5 Å². The van der Waals surface area contributed by atoms with Crippen molar-refractivity contribution < 1.29 is 13.9 Å². The van der Waals surface area contributed by atoms with Crippen LogP contribution in [0.25, 0.3) is 10.9 Å². The van der Waals surface area contributed by atoms with Crippen LogP contribution in [0.2, 0.25) is 5.02 Å². The van der Waals surface area contributed by atoms with E-state index in [1.165, 1.54) is 0 Å². The molecule has 7 heteroatoms. The monoisotopic (exact) mass is 389 g/mol. The molecule has 1 aromatic carbocycles. The molecule has 144 valence electrons. The molecule has 0 aliphatic rings. The second kappa shape index (κ2) is 10.9. The Morgan fingerprint density at radius 2 is 1.85 bits per heavy atom. The molecule has 0 saturated carbocycles. The number of aromatic nitrogens is 1. The molecule has 0 saturated heterocycles. The minimum absolute atomic E-state index is 0.579. The van der Waals surface area contributed by atoms with Crippen molar-refractivity contribution in [2.24, 2.45) is 0 Å². The second-order valence-corrected chi connectivity index (χ2v) is 6.42. The molecule has 0 bridgehead atoms. The molecule has 0 amide bonds. The van der Waals surface area contributed by atoms with Gasteiger partial charge in [-0.1, -0.05) is 11.6 Å². The first-order valence-corrected chi connectivity index (χ1v) is 9.36. The van der Waals surface area contributed by atoms with Crippen molar-refractivity contribution in [1.29, 1.82) is 0 Å². The highest BCUT2D eigenvalue weighted by atomic mass is 35.5. The Morgan fingerprint density at radius 3 is 2.67 bits per heavy atom. The first-order chi connectivity index (χ1) is 13.3. The fourth-order valence-corrected chi connectivity index (χ4v) is 2.79. The van der Waals surface area contributed by atoms with Gasteiger partial charge >= 0.3 is 0 Å². The molecule has 0 atom stereocenters. The molecule has 0 spiro atoms. The molecule has 0 radical (unpaired) electrons. The van der Waals surface area contributed by atoms with Gasteiger partial charge in [0.05, 0.1) is 44.5 Å². The third-order valence-corrected chi connectivity index (χ3v) is 4.21. The van der Waals surface area contributed by atoms with Crippen molar-refractivity contribution in [3.8, 4) is 0 Å². The van der Waals surface area contributed by atoms with Crippen molar-refractivity contribution in [3.63, 3.8) is 0 Å². The average Bonchev–Trinajstić information content (AvgIpc) is 3.19. The van der Waals surface area contributed by atoms with Crippen LogP contribution in [0, 0.1) is 0 Å². The summed E-state index contributed by atoms with van der Waals surface area (Å²) in [6.07, 6.45) is 5.18. The summed E-state index contributed by atoms with van der Waals surface area (Å²) in [5.74, 6) is 0. The molecule has 2 N–H and O–H groups in total. The van der Waals surface area contributed by atoms with Crippen molar-refractivity contribution in [1.82, 2.24) is 10.3 Å². The predicted molar refractivity (Wildman–Crippen MR) is 107 cm³/mol. The standard InChI is InChI=1S/C20H24ClN3O3/c21-17-1-2-18-19(3-5-23-20(18)13-17)24-7-10-26-12-11-25-9-6-22-14-16-4-8-27-15-16/h1-5,8,13,15,22H,6-7,9-12,14H2,(H,23,24). The van der Waals surface area contributed by atoms with Crippen LogP contribution in [0.3, 0.4) is 0 Å². The lowest BCUT2D eigenvalue weighted by Gasteiger charge is -2.10. The van der Waals surface area contributed by atoms with Gasteiger partial charge in [0, 0.05) is 47.5 Å². The third-order valence-electron chi connectivity index (χ3n) is 3.97. The summed E-state index contributed by atoms with van der Waals surface area (Å²) >= 11 is 6.01. The number of furan rings is 1. The predicted octanol–water partition coefficient (Wildman–Crippen LogP) is 3.72. The molecule has 3 rings (SSSR count). The third kappa shape index (κ3) is 6.52. The van der Waals surface area contributed by atoms with Gasteiger partial charge in [0.25, 0.3) is 0 Å². The molecule has 0 aliphatic carbocycles. The summed E-state index contributed by atoms with van der Waals surface area (Å²) < 4.78 is 16.1. The van der Waals surface area contributed by atoms with Crippen molar-refractivity contribution in [3.05, 3.63) is 59.6 Å². The van der Waals surface area contributed by atoms with Crippen LogP contribution in [0.1, 0.15) is 5.56 Å². The van der Waals surface area contributed by atoms with E-state index in [1.807, 2.05) is 30.3 Å².